The van der Waals surface area contributed by atoms with Crippen LogP contribution in [0.5, 0.6) is 40.2 Å². The number of ether oxygens (including phenoxy) is 5. The lowest BCUT2D eigenvalue weighted by Crippen LogP contribution is -2.12. The van der Waals surface area contributed by atoms with E-state index < -0.39 is 0 Å². The number of phenols is 2. The zero-order valence-corrected chi connectivity index (χ0v) is 23.0. The number of aromatic nitrogens is 1. The highest BCUT2D eigenvalue weighted by Crippen LogP contribution is 2.51. The molecule has 8 nitrogen and oxygen atoms in total. The largest absolute Gasteiger partial charge is 0.504 e. The number of fused-ring (bicyclic) bond motifs is 3. The van der Waals surface area contributed by atoms with E-state index in [0.29, 0.717) is 28.7 Å². The summed E-state index contributed by atoms with van der Waals surface area (Å²) in [5, 5.41) is 20.3. The van der Waals surface area contributed by atoms with Gasteiger partial charge in [-0.2, -0.15) is 0 Å². The number of nitrogens with zero attached hydrogens (tertiary/aromatic N) is 1. The van der Waals surface area contributed by atoms with Gasteiger partial charge in [0.2, 0.25) is 5.75 Å². The molecule has 4 aromatic rings. The average Bonchev–Trinajstić information content (AvgIpc) is 3.33. The summed E-state index contributed by atoms with van der Waals surface area (Å²) in [6.07, 6.45) is 2.89. The van der Waals surface area contributed by atoms with Gasteiger partial charge < -0.3 is 38.5 Å². The number of aryl methyl sites for hydroxylation is 2. The number of phenolic OH excluding ortho intramolecular Hbond substituents is 2. The first-order valence-electron chi connectivity index (χ1n) is 12.7. The topological polar surface area (TPSA) is 91.5 Å². The number of hydrogen-bond acceptors (Lipinski definition) is 7. The van der Waals surface area contributed by atoms with Gasteiger partial charge in [-0.15, -0.1) is 0 Å². The van der Waals surface area contributed by atoms with E-state index in [9.17, 15) is 10.2 Å². The molecule has 8 heteroatoms. The van der Waals surface area contributed by atoms with E-state index >= 15 is 0 Å². The van der Waals surface area contributed by atoms with Crippen molar-refractivity contribution in [2.24, 2.45) is 0 Å². The third-order valence-electron chi connectivity index (χ3n) is 6.95. The molecule has 5 rings (SSSR count). The molecule has 0 spiro atoms. The molecule has 2 N–H and O–H groups in total. The number of methoxy groups -OCH3 is 4. The quantitative estimate of drug-likeness (QED) is 0.259. The van der Waals surface area contributed by atoms with Gasteiger partial charge in [0.15, 0.2) is 34.5 Å². The third kappa shape index (κ3) is 4.56. The molecular formula is C31H33NO7. The van der Waals surface area contributed by atoms with Crippen LogP contribution in [-0.4, -0.2) is 49.3 Å². The summed E-state index contributed by atoms with van der Waals surface area (Å²) in [6.45, 7) is 4.73. The third-order valence-corrected chi connectivity index (χ3v) is 6.95. The van der Waals surface area contributed by atoms with Crippen LogP contribution in [0.1, 0.15) is 19.4 Å². The highest BCUT2D eigenvalue weighted by molar-refractivity contribution is 5.96. The molecule has 0 amide bonds. The molecule has 3 aromatic carbocycles. The van der Waals surface area contributed by atoms with Crippen LogP contribution in [0, 0.1) is 0 Å². The highest BCUT2D eigenvalue weighted by Gasteiger charge is 2.28. The predicted octanol–water partition coefficient (Wildman–Crippen LogP) is 6.28. The first-order valence-corrected chi connectivity index (χ1v) is 12.7. The zero-order chi connectivity index (χ0) is 27.8. The van der Waals surface area contributed by atoms with Crippen molar-refractivity contribution < 1.29 is 33.9 Å². The van der Waals surface area contributed by atoms with Crippen LogP contribution < -0.4 is 23.7 Å². The summed E-state index contributed by atoms with van der Waals surface area (Å²) < 4.78 is 30.9. The van der Waals surface area contributed by atoms with Crippen molar-refractivity contribution in [3.8, 4) is 73.8 Å². The van der Waals surface area contributed by atoms with Crippen LogP contribution in [0.3, 0.4) is 0 Å². The van der Waals surface area contributed by atoms with E-state index in [1.165, 1.54) is 6.07 Å². The Bertz CT molecular complexity index is 1510. The first-order chi connectivity index (χ1) is 18.8. The average molecular weight is 532 g/mol. The minimum Gasteiger partial charge on any atom is -0.504 e. The van der Waals surface area contributed by atoms with E-state index in [2.05, 4.69) is 16.8 Å². The monoisotopic (exact) mass is 531 g/mol. The van der Waals surface area contributed by atoms with E-state index in [-0.39, 0.29) is 17.6 Å². The fourth-order valence-electron chi connectivity index (χ4n) is 5.23. The van der Waals surface area contributed by atoms with Crippen LogP contribution >= 0.6 is 0 Å². The molecule has 0 bridgehead atoms. The van der Waals surface area contributed by atoms with Gasteiger partial charge in [-0.3, -0.25) is 0 Å². The Balaban J connectivity index is 1.83. The van der Waals surface area contributed by atoms with Gasteiger partial charge >= 0.3 is 0 Å². The molecule has 0 saturated carbocycles. The molecule has 1 aliphatic rings. The van der Waals surface area contributed by atoms with Crippen LogP contribution in [-0.2, 0) is 13.0 Å². The van der Waals surface area contributed by atoms with Crippen molar-refractivity contribution in [2.75, 3.05) is 28.4 Å². The summed E-state index contributed by atoms with van der Waals surface area (Å²) in [6, 6.07) is 12.8. The van der Waals surface area contributed by atoms with Crippen LogP contribution in [0.25, 0.3) is 33.5 Å². The number of aromatic hydroxyl groups is 2. The summed E-state index contributed by atoms with van der Waals surface area (Å²) in [7, 11) is 6.39. The van der Waals surface area contributed by atoms with Gasteiger partial charge in [-0.05, 0) is 73.4 Å². The molecule has 1 aliphatic heterocycles. The molecule has 1 aromatic heterocycles. The van der Waals surface area contributed by atoms with Gasteiger partial charge in [-0.1, -0.05) is 6.07 Å². The highest BCUT2D eigenvalue weighted by atomic mass is 16.5. The Morgan fingerprint density at radius 3 is 2.00 bits per heavy atom. The minimum absolute atomic E-state index is 0.00738. The molecule has 204 valence electrons. The van der Waals surface area contributed by atoms with Crippen molar-refractivity contribution in [1.82, 2.24) is 4.57 Å². The van der Waals surface area contributed by atoms with Crippen molar-refractivity contribution in [3.05, 3.63) is 54.2 Å². The normalized spacial score (nSPS) is 12.1. The van der Waals surface area contributed by atoms with Crippen molar-refractivity contribution in [3.63, 3.8) is 0 Å². The predicted molar refractivity (Wildman–Crippen MR) is 150 cm³/mol. The fraction of sp³-hybridized carbons (Fsp3) is 0.290. The summed E-state index contributed by atoms with van der Waals surface area (Å²) in [5.74, 6) is 2.55. The number of rotatable bonds is 8. The maximum atomic E-state index is 10.3. The summed E-state index contributed by atoms with van der Waals surface area (Å²) in [5.41, 5.74) is 6.55. The molecule has 0 radical (unpaired) electrons. The molecule has 0 saturated heterocycles. The molecule has 2 heterocycles. The Kier molecular flexibility index (Phi) is 6.95. The van der Waals surface area contributed by atoms with Crippen molar-refractivity contribution in [1.29, 1.82) is 0 Å². The van der Waals surface area contributed by atoms with Crippen LogP contribution in [0.4, 0.5) is 0 Å². The molecule has 39 heavy (non-hydrogen) atoms. The zero-order valence-electron chi connectivity index (χ0n) is 23.0. The second-order valence-electron chi connectivity index (χ2n) is 9.65. The van der Waals surface area contributed by atoms with Gasteiger partial charge in [0.05, 0.1) is 40.2 Å². The summed E-state index contributed by atoms with van der Waals surface area (Å²) in [4.78, 5) is 0. The SMILES string of the molecule is COc1cc2c(cc1OC(C)C)CCn1cc(-c3ccc(O)c(O)c3)c(-c3cc(OC)c(OC)c(OC)c3)c1-2. The van der Waals surface area contributed by atoms with Gasteiger partial charge in [0, 0.05) is 29.4 Å². The van der Waals surface area contributed by atoms with Gasteiger partial charge in [0.1, 0.15) is 0 Å². The standard InChI is InChI=1S/C31H33NO7/c1-17(2)39-26-12-19-9-10-32-16-22(18-7-8-23(33)24(34)11-18)29(30(32)21(19)15-25(26)35-3)20-13-27(36-4)31(38-6)28(14-20)37-5/h7-8,11-17,33-34H,9-10H2,1-6H3. The fourth-order valence-corrected chi connectivity index (χ4v) is 5.23. The first kappa shape index (κ1) is 26.2. The number of hydrogen-bond donors (Lipinski definition) is 2. The Labute approximate surface area is 227 Å². The lowest BCUT2D eigenvalue weighted by molar-refractivity contribution is 0.230. The lowest BCUT2D eigenvalue weighted by atomic mass is 9.90. The Morgan fingerprint density at radius 2 is 1.41 bits per heavy atom. The maximum absolute atomic E-state index is 10.3. The van der Waals surface area contributed by atoms with Crippen LogP contribution in [0.15, 0.2) is 48.7 Å². The van der Waals surface area contributed by atoms with Crippen LogP contribution in [0.2, 0.25) is 0 Å². The minimum atomic E-state index is -0.190. The van der Waals surface area contributed by atoms with E-state index in [0.717, 1.165) is 52.0 Å². The molecular weight excluding hydrogens is 498 g/mol. The Morgan fingerprint density at radius 1 is 0.718 bits per heavy atom. The van der Waals surface area contributed by atoms with Gasteiger partial charge in [0.25, 0.3) is 0 Å². The van der Waals surface area contributed by atoms with Gasteiger partial charge in [-0.25, -0.2) is 0 Å². The van der Waals surface area contributed by atoms with E-state index in [4.69, 9.17) is 23.7 Å². The Hall–Kier alpha value is -4.46. The molecule has 0 unspecified atom stereocenters. The lowest BCUT2D eigenvalue weighted by Gasteiger charge is -2.24. The number of benzene rings is 3. The summed E-state index contributed by atoms with van der Waals surface area (Å²) >= 11 is 0. The molecule has 0 aliphatic carbocycles. The van der Waals surface area contributed by atoms with Crippen molar-refractivity contribution >= 4 is 0 Å². The maximum Gasteiger partial charge on any atom is 0.203 e. The molecule has 0 atom stereocenters. The second kappa shape index (κ2) is 10.4. The second-order valence-corrected chi connectivity index (χ2v) is 9.65. The van der Waals surface area contributed by atoms with E-state index in [1.54, 1.807) is 40.6 Å². The van der Waals surface area contributed by atoms with Crippen molar-refractivity contribution in [2.45, 2.75) is 32.9 Å². The smallest absolute Gasteiger partial charge is 0.203 e. The van der Waals surface area contributed by atoms with E-state index in [1.807, 2.05) is 32.0 Å². The molecule has 0 fully saturated rings.